The Hall–Kier alpha value is -3.44. The van der Waals surface area contributed by atoms with Crippen molar-refractivity contribution in [2.45, 2.75) is 6.42 Å². The van der Waals surface area contributed by atoms with Gasteiger partial charge in [-0.05, 0) is 42.5 Å². The molecule has 28 heavy (non-hydrogen) atoms. The maximum Gasteiger partial charge on any atom is 0.340 e. The number of hydrogen-bond acceptors (Lipinski definition) is 5. The second kappa shape index (κ2) is 10.0. The molecule has 2 amide bonds. The predicted molar refractivity (Wildman–Crippen MR) is 99.3 cm³/mol. The van der Waals surface area contributed by atoms with Crippen LogP contribution < -0.4 is 10.6 Å². The molecule has 0 aromatic heterocycles. The van der Waals surface area contributed by atoms with Crippen LogP contribution >= 0.6 is 11.6 Å². The van der Waals surface area contributed by atoms with E-state index in [1.807, 2.05) is 6.07 Å². The van der Waals surface area contributed by atoms with Crippen LogP contribution in [0.4, 0.5) is 10.1 Å². The highest BCUT2D eigenvalue weighted by atomic mass is 35.5. The summed E-state index contributed by atoms with van der Waals surface area (Å²) in [6.07, 6.45) is 0.135. The summed E-state index contributed by atoms with van der Waals surface area (Å²) in [4.78, 5) is 36.1. The second-order valence-corrected chi connectivity index (χ2v) is 5.92. The van der Waals surface area contributed by atoms with E-state index in [1.54, 1.807) is 0 Å². The number of ether oxygens (including phenoxy) is 1. The first-order valence-corrected chi connectivity index (χ1v) is 8.45. The molecule has 7 nitrogen and oxygen atoms in total. The standard InChI is InChI=1S/C19H15ClFN3O4/c20-13-4-7-15(19(27)28-11-17(25)23-9-1-8-22)16(10-13)24-18(26)12-2-5-14(21)6-3-12/h2-7,10H,1,9,11H2,(H,23,25)(H,24,26). The highest BCUT2D eigenvalue weighted by Gasteiger charge is 2.17. The normalized spacial score (nSPS) is 9.89. The van der Waals surface area contributed by atoms with Crippen molar-refractivity contribution in [3.05, 3.63) is 64.4 Å². The van der Waals surface area contributed by atoms with Gasteiger partial charge in [0, 0.05) is 17.1 Å². The lowest BCUT2D eigenvalue weighted by Gasteiger charge is -2.12. The molecule has 0 radical (unpaired) electrons. The molecule has 0 saturated carbocycles. The zero-order valence-corrected chi connectivity index (χ0v) is 15.3. The molecule has 0 spiro atoms. The summed E-state index contributed by atoms with van der Waals surface area (Å²) in [5, 5.41) is 13.6. The third-order valence-corrected chi connectivity index (χ3v) is 3.68. The molecule has 2 N–H and O–H groups in total. The fourth-order valence-corrected chi connectivity index (χ4v) is 2.28. The monoisotopic (exact) mass is 403 g/mol. The van der Waals surface area contributed by atoms with E-state index in [0.717, 1.165) is 12.1 Å². The average Bonchev–Trinajstić information content (AvgIpc) is 2.67. The molecule has 0 aliphatic carbocycles. The van der Waals surface area contributed by atoms with E-state index < -0.39 is 30.2 Å². The Bertz CT molecular complexity index is 926. The lowest BCUT2D eigenvalue weighted by molar-refractivity contribution is -0.124. The van der Waals surface area contributed by atoms with Crippen LogP contribution in [0, 0.1) is 17.1 Å². The van der Waals surface area contributed by atoms with Gasteiger partial charge in [0.25, 0.3) is 11.8 Å². The molecule has 2 aromatic carbocycles. The minimum absolute atomic E-state index is 0.00955. The van der Waals surface area contributed by atoms with E-state index in [0.29, 0.717) is 0 Å². The number of nitrogens with zero attached hydrogens (tertiary/aromatic N) is 1. The fourth-order valence-electron chi connectivity index (χ4n) is 2.11. The van der Waals surface area contributed by atoms with Gasteiger partial charge in [-0.2, -0.15) is 5.26 Å². The zero-order valence-electron chi connectivity index (χ0n) is 14.5. The number of hydrogen-bond donors (Lipinski definition) is 2. The Morgan fingerprint density at radius 1 is 1.14 bits per heavy atom. The van der Waals surface area contributed by atoms with Gasteiger partial charge in [0.2, 0.25) is 0 Å². The van der Waals surface area contributed by atoms with E-state index in [4.69, 9.17) is 21.6 Å². The van der Waals surface area contributed by atoms with E-state index in [2.05, 4.69) is 10.6 Å². The van der Waals surface area contributed by atoms with Crippen molar-refractivity contribution in [1.82, 2.24) is 5.32 Å². The van der Waals surface area contributed by atoms with Crippen LogP contribution in [0.2, 0.25) is 5.02 Å². The number of benzene rings is 2. The number of rotatable bonds is 7. The molecule has 0 fully saturated rings. The first-order chi connectivity index (χ1) is 13.4. The van der Waals surface area contributed by atoms with Crippen LogP contribution in [0.1, 0.15) is 27.1 Å². The van der Waals surface area contributed by atoms with Gasteiger partial charge >= 0.3 is 5.97 Å². The SMILES string of the molecule is N#CCCNC(=O)COC(=O)c1ccc(Cl)cc1NC(=O)c1ccc(F)cc1. The van der Waals surface area contributed by atoms with Crippen LogP contribution in [0.3, 0.4) is 0 Å². The minimum atomic E-state index is -0.846. The molecule has 0 unspecified atom stereocenters. The fraction of sp³-hybridized carbons (Fsp3) is 0.158. The van der Waals surface area contributed by atoms with E-state index in [1.165, 1.54) is 30.3 Å². The van der Waals surface area contributed by atoms with Gasteiger partial charge in [-0.25, -0.2) is 9.18 Å². The summed E-state index contributed by atoms with van der Waals surface area (Å²) in [5.74, 6) is -2.47. The Morgan fingerprint density at radius 2 is 1.86 bits per heavy atom. The van der Waals surface area contributed by atoms with Crippen LogP contribution in [0.15, 0.2) is 42.5 Å². The van der Waals surface area contributed by atoms with Crippen LogP contribution in [-0.2, 0) is 9.53 Å². The van der Waals surface area contributed by atoms with E-state index in [9.17, 15) is 18.8 Å². The highest BCUT2D eigenvalue weighted by molar-refractivity contribution is 6.31. The van der Waals surface area contributed by atoms with Gasteiger partial charge in [-0.15, -0.1) is 0 Å². The smallest absolute Gasteiger partial charge is 0.340 e. The predicted octanol–water partition coefficient (Wildman–Crippen LogP) is 2.92. The summed E-state index contributed by atoms with van der Waals surface area (Å²) in [6.45, 7) is -0.398. The molecule has 0 aliphatic rings. The number of carbonyl (C=O) groups is 3. The average molecular weight is 404 g/mol. The molecule has 9 heteroatoms. The topological polar surface area (TPSA) is 108 Å². The molecular weight excluding hydrogens is 389 g/mol. The van der Waals surface area contributed by atoms with E-state index in [-0.39, 0.29) is 34.8 Å². The maximum absolute atomic E-state index is 13.0. The van der Waals surface area contributed by atoms with Crippen LogP contribution in [0.25, 0.3) is 0 Å². The van der Waals surface area contributed by atoms with Crippen molar-refractivity contribution in [2.24, 2.45) is 0 Å². The van der Waals surface area contributed by atoms with Crippen molar-refractivity contribution < 1.29 is 23.5 Å². The van der Waals surface area contributed by atoms with Gasteiger partial charge in [-0.3, -0.25) is 9.59 Å². The molecule has 0 bridgehead atoms. The summed E-state index contributed by atoms with van der Waals surface area (Å²) < 4.78 is 17.9. The number of carbonyl (C=O) groups excluding carboxylic acids is 3. The van der Waals surface area contributed by atoms with Crippen LogP contribution in [-0.4, -0.2) is 30.9 Å². The third kappa shape index (κ3) is 6.07. The number of nitriles is 1. The summed E-state index contributed by atoms with van der Waals surface area (Å²) in [7, 11) is 0. The molecular formula is C19H15ClFN3O4. The molecule has 2 rings (SSSR count). The zero-order chi connectivity index (χ0) is 20.5. The molecule has 144 valence electrons. The quantitative estimate of drug-likeness (QED) is 0.545. The maximum atomic E-state index is 13.0. The number of halogens is 2. The third-order valence-electron chi connectivity index (χ3n) is 3.45. The molecule has 0 heterocycles. The second-order valence-electron chi connectivity index (χ2n) is 5.49. The minimum Gasteiger partial charge on any atom is -0.452 e. The van der Waals surface area contributed by atoms with Crippen molar-refractivity contribution in [2.75, 3.05) is 18.5 Å². The van der Waals surface area contributed by atoms with Crippen molar-refractivity contribution in [3.8, 4) is 6.07 Å². The number of nitrogens with one attached hydrogen (secondary N) is 2. The summed E-state index contributed by atoms with van der Waals surface area (Å²) in [6, 6.07) is 10.8. The summed E-state index contributed by atoms with van der Waals surface area (Å²) in [5.41, 5.74) is 0.249. The van der Waals surface area contributed by atoms with E-state index >= 15 is 0 Å². The first-order valence-electron chi connectivity index (χ1n) is 8.08. The van der Waals surface area contributed by atoms with Gasteiger partial charge in [-0.1, -0.05) is 11.6 Å². The molecule has 0 atom stereocenters. The lowest BCUT2D eigenvalue weighted by atomic mass is 10.1. The Labute approximate surface area is 165 Å². The van der Waals surface area contributed by atoms with Gasteiger partial charge in [0.1, 0.15) is 5.82 Å². The lowest BCUT2D eigenvalue weighted by Crippen LogP contribution is -2.29. The van der Waals surface area contributed by atoms with Crippen molar-refractivity contribution >= 4 is 35.1 Å². The van der Waals surface area contributed by atoms with Gasteiger partial charge < -0.3 is 15.4 Å². The Morgan fingerprint density at radius 3 is 2.54 bits per heavy atom. The first kappa shape index (κ1) is 20.9. The number of amides is 2. The number of esters is 1. The van der Waals surface area contributed by atoms with Crippen molar-refractivity contribution in [1.29, 1.82) is 5.26 Å². The van der Waals surface area contributed by atoms with Crippen molar-refractivity contribution in [3.63, 3.8) is 0 Å². The number of anilines is 1. The van der Waals surface area contributed by atoms with Gasteiger partial charge in [0.15, 0.2) is 6.61 Å². The Kier molecular flexibility index (Phi) is 7.48. The molecule has 0 saturated heterocycles. The molecule has 2 aromatic rings. The highest BCUT2D eigenvalue weighted by Crippen LogP contribution is 2.23. The van der Waals surface area contributed by atoms with Crippen LogP contribution in [0.5, 0.6) is 0 Å². The Balaban J connectivity index is 2.07. The van der Waals surface area contributed by atoms with Gasteiger partial charge in [0.05, 0.1) is 23.7 Å². The molecule has 0 aliphatic heterocycles. The summed E-state index contributed by atoms with van der Waals surface area (Å²) >= 11 is 5.93. The largest absolute Gasteiger partial charge is 0.452 e.